The zero-order valence-corrected chi connectivity index (χ0v) is 17.6. The molecule has 0 spiro atoms. The Labute approximate surface area is 172 Å². The quantitative estimate of drug-likeness (QED) is 0.487. The second kappa shape index (κ2) is 6.35. The van der Waals surface area contributed by atoms with E-state index in [4.69, 9.17) is 0 Å². The van der Waals surface area contributed by atoms with Gasteiger partial charge in [-0.1, -0.05) is 20.8 Å². The Bertz CT molecular complexity index is 1170. The number of aromatic nitrogens is 3. The molecule has 3 aromatic heterocycles. The minimum Gasteiger partial charge on any atom is -0.311 e. The number of amides is 1. The van der Waals surface area contributed by atoms with E-state index < -0.39 is 0 Å². The smallest absolute Gasteiger partial charge is 0.232 e. The normalized spacial score (nSPS) is 23.8. The number of fused-ring (bicyclic) bond motifs is 2. The first-order valence-corrected chi connectivity index (χ1v) is 10.7. The maximum absolute atomic E-state index is 12.9. The van der Waals surface area contributed by atoms with Crippen LogP contribution in [-0.4, -0.2) is 37.0 Å². The summed E-state index contributed by atoms with van der Waals surface area (Å²) >= 11 is 1.56. The number of rotatable bonds is 4. The van der Waals surface area contributed by atoms with Gasteiger partial charge in [0.15, 0.2) is 0 Å². The van der Waals surface area contributed by atoms with Crippen molar-refractivity contribution in [3.8, 4) is 0 Å². The lowest BCUT2D eigenvalue weighted by Gasteiger charge is -2.47. The fraction of sp³-hybridized carbons (Fsp3) is 0.364. The molecule has 5 rings (SSSR count). The zero-order valence-electron chi connectivity index (χ0n) is 16.8. The fourth-order valence-corrected chi connectivity index (χ4v) is 6.15. The number of nitrogens with zero attached hydrogens (tertiary/aromatic N) is 4. The molecule has 1 saturated heterocycles. The third-order valence-electron chi connectivity index (χ3n) is 6.24. The highest BCUT2D eigenvalue weighted by atomic mass is 32.1. The number of hydrogen-bond donors (Lipinski definition) is 0. The van der Waals surface area contributed by atoms with Crippen molar-refractivity contribution in [1.82, 2.24) is 19.3 Å². The summed E-state index contributed by atoms with van der Waals surface area (Å²) in [5.41, 5.74) is 3.22. The first-order valence-electron chi connectivity index (χ1n) is 9.85. The Kier molecular flexibility index (Phi) is 4.00. The summed E-state index contributed by atoms with van der Waals surface area (Å²) in [6.07, 6.45) is 6.93. The SMILES string of the molecule is CC1=C(c2cn3cnc(C(=O)c4cccnc4)c3s2)[C@H](C)[C@@H]2[C@@H](C(C)C)C(=O)N12. The first kappa shape index (κ1) is 18.2. The van der Waals surface area contributed by atoms with Gasteiger partial charge in [-0.2, -0.15) is 0 Å². The monoisotopic (exact) mass is 406 g/mol. The predicted molar refractivity (Wildman–Crippen MR) is 111 cm³/mol. The van der Waals surface area contributed by atoms with Gasteiger partial charge in [0.25, 0.3) is 0 Å². The largest absolute Gasteiger partial charge is 0.311 e. The maximum Gasteiger partial charge on any atom is 0.232 e. The van der Waals surface area contributed by atoms with Crippen LogP contribution in [0.2, 0.25) is 0 Å². The van der Waals surface area contributed by atoms with E-state index in [9.17, 15) is 9.59 Å². The number of hydrogen-bond acceptors (Lipinski definition) is 5. The van der Waals surface area contributed by atoms with Gasteiger partial charge < -0.3 is 4.90 Å². The molecule has 148 valence electrons. The lowest BCUT2D eigenvalue weighted by Crippen LogP contribution is -2.61. The van der Waals surface area contributed by atoms with Gasteiger partial charge >= 0.3 is 0 Å². The van der Waals surface area contributed by atoms with Crippen molar-refractivity contribution in [2.24, 2.45) is 17.8 Å². The van der Waals surface area contributed by atoms with Gasteiger partial charge in [-0.25, -0.2) is 4.98 Å². The van der Waals surface area contributed by atoms with Crippen molar-refractivity contribution in [1.29, 1.82) is 0 Å². The van der Waals surface area contributed by atoms with E-state index in [-0.39, 0.29) is 29.6 Å². The van der Waals surface area contributed by atoms with Gasteiger partial charge in [0.05, 0.1) is 16.8 Å². The van der Waals surface area contributed by atoms with Gasteiger partial charge in [0, 0.05) is 35.8 Å². The molecule has 0 saturated carbocycles. The second-order valence-electron chi connectivity index (χ2n) is 8.23. The van der Waals surface area contributed by atoms with Crippen molar-refractivity contribution in [2.45, 2.75) is 33.7 Å². The Morgan fingerprint density at radius 1 is 1.31 bits per heavy atom. The summed E-state index contributed by atoms with van der Waals surface area (Å²) in [5.74, 6) is 0.812. The molecule has 0 aromatic carbocycles. The maximum atomic E-state index is 12.9. The van der Waals surface area contributed by atoms with Crippen LogP contribution in [0.25, 0.3) is 10.4 Å². The number of β-lactam (4-membered cyclic amide) rings is 1. The van der Waals surface area contributed by atoms with E-state index in [0.717, 1.165) is 15.4 Å². The minimum absolute atomic E-state index is 0.0905. The van der Waals surface area contributed by atoms with Crippen LogP contribution in [0.4, 0.5) is 0 Å². The Balaban J connectivity index is 1.54. The highest BCUT2D eigenvalue weighted by molar-refractivity contribution is 7.18. The molecule has 0 bridgehead atoms. The van der Waals surface area contributed by atoms with Gasteiger partial charge in [-0.05, 0) is 30.5 Å². The molecule has 6 nitrogen and oxygen atoms in total. The second-order valence-corrected chi connectivity index (χ2v) is 9.26. The minimum atomic E-state index is -0.127. The fourth-order valence-electron chi connectivity index (χ4n) is 4.88. The lowest BCUT2D eigenvalue weighted by atomic mass is 9.74. The number of allylic oxidation sites excluding steroid dienone is 1. The van der Waals surface area contributed by atoms with Crippen molar-refractivity contribution >= 4 is 33.4 Å². The van der Waals surface area contributed by atoms with Gasteiger partial charge in [-0.3, -0.25) is 19.0 Å². The molecule has 0 N–H and O–H groups in total. The van der Waals surface area contributed by atoms with Crippen LogP contribution >= 0.6 is 11.3 Å². The van der Waals surface area contributed by atoms with Crippen molar-refractivity contribution in [3.63, 3.8) is 0 Å². The van der Waals surface area contributed by atoms with Crippen LogP contribution in [0.3, 0.4) is 0 Å². The van der Waals surface area contributed by atoms with Crippen LogP contribution in [0.5, 0.6) is 0 Å². The molecule has 7 heteroatoms. The highest BCUT2D eigenvalue weighted by Crippen LogP contribution is 2.52. The molecule has 2 aliphatic rings. The number of thiazole rings is 1. The average Bonchev–Trinajstić information content (AvgIpc) is 3.31. The van der Waals surface area contributed by atoms with E-state index in [1.165, 1.54) is 5.57 Å². The molecule has 5 heterocycles. The van der Waals surface area contributed by atoms with Crippen molar-refractivity contribution in [3.05, 3.63) is 58.9 Å². The molecular weight excluding hydrogens is 384 g/mol. The highest BCUT2D eigenvalue weighted by Gasteiger charge is 2.56. The van der Waals surface area contributed by atoms with Crippen LogP contribution in [-0.2, 0) is 4.79 Å². The van der Waals surface area contributed by atoms with E-state index in [0.29, 0.717) is 17.2 Å². The average molecular weight is 407 g/mol. The summed E-state index contributed by atoms with van der Waals surface area (Å²) in [6, 6.07) is 3.75. The number of carbonyl (C=O) groups excluding carboxylic acids is 2. The number of imidazole rings is 1. The molecule has 1 fully saturated rings. The molecule has 0 unspecified atom stereocenters. The number of carbonyl (C=O) groups is 2. The molecule has 1 amide bonds. The summed E-state index contributed by atoms with van der Waals surface area (Å²) in [5, 5.41) is 0. The molecule has 3 atom stereocenters. The topological polar surface area (TPSA) is 67.6 Å². The number of ketones is 1. The van der Waals surface area contributed by atoms with E-state index in [1.807, 2.05) is 22.4 Å². The lowest BCUT2D eigenvalue weighted by molar-refractivity contribution is -0.155. The summed E-state index contributed by atoms with van der Waals surface area (Å²) < 4.78 is 1.91. The molecule has 29 heavy (non-hydrogen) atoms. The Hall–Kier alpha value is -2.80. The van der Waals surface area contributed by atoms with Gasteiger partial charge in [0.1, 0.15) is 16.9 Å². The molecular formula is C22H22N4O2S. The Morgan fingerprint density at radius 3 is 2.79 bits per heavy atom. The zero-order chi connectivity index (χ0) is 20.4. The van der Waals surface area contributed by atoms with E-state index in [2.05, 4.69) is 30.7 Å². The molecule has 2 aliphatic heterocycles. The third kappa shape index (κ3) is 2.46. The van der Waals surface area contributed by atoms with Crippen LogP contribution in [0.15, 0.2) is 42.7 Å². The van der Waals surface area contributed by atoms with E-state index >= 15 is 0 Å². The van der Waals surface area contributed by atoms with Crippen LogP contribution in [0, 0.1) is 17.8 Å². The van der Waals surface area contributed by atoms with Crippen molar-refractivity contribution in [2.75, 3.05) is 0 Å². The third-order valence-corrected chi connectivity index (χ3v) is 7.38. The predicted octanol–water partition coefficient (Wildman–Crippen LogP) is 3.89. The van der Waals surface area contributed by atoms with Crippen molar-refractivity contribution < 1.29 is 9.59 Å². The number of pyridine rings is 1. The Morgan fingerprint density at radius 2 is 2.10 bits per heavy atom. The summed E-state index contributed by atoms with van der Waals surface area (Å²) in [6.45, 7) is 8.49. The van der Waals surface area contributed by atoms with Crippen LogP contribution in [0.1, 0.15) is 48.6 Å². The molecule has 0 aliphatic carbocycles. The van der Waals surface area contributed by atoms with E-state index in [1.54, 1.807) is 42.2 Å². The van der Waals surface area contributed by atoms with Gasteiger partial charge in [0.2, 0.25) is 11.7 Å². The molecule has 0 radical (unpaired) electrons. The summed E-state index contributed by atoms with van der Waals surface area (Å²) in [7, 11) is 0. The first-order chi connectivity index (χ1) is 13.9. The standard InChI is InChI=1S/C22H22N4O2S/c1-11(2)16-19-12(3)17(13(4)26(19)21(16)28)15-9-25-10-24-18(22(25)29-15)20(27)14-6-5-7-23-8-14/h5-12,16,19H,1-4H3/t12-,16+,19+/m0/s1. The van der Waals surface area contributed by atoms with Crippen LogP contribution < -0.4 is 0 Å². The molecule has 3 aromatic rings. The van der Waals surface area contributed by atoms with Gasteiger partial charge in [-0.15, -0.1) is 11.3 Å². The summed E-state index contributed by atoms with van der Waals surface area (Å²) in [4.78, 5) is 37.8.